The van der Waals surface area contributed by atoms with Crippen molar-refractivity contribution in [3.8, 4) is 11.5 Å². The molecule has 9 heteroatoms. The molecule has 1 aliphatic heterocycles. The number of halogens is 2. The first-order valence-corrected chi connectivity index (χ1v) is 11.7. The van der Waals surface area contributed by atoms with E-state index in [0.29, 0.717) is 59.5 Å². The summed E-state index contributed by atoms with van der Waals surface area (Å²) in [6.07, 6.45) is 1.98. The van der Waals surface area contributed by atoms with E-state index < -0.39 is 5.60 Å². The Morgan fingerprint density at radius 1 is 1.18 bits per heavy atom. The highest BCUT2D eigenvalue weighted by atomic mass is 35.5. The maximum atomic E-state index is 12.2. The average Bonchev–Trinajstić information content (AvgIpc) is 2.82. The molecule has 0 aliphatic carbocycles. The zero-order chi connectivity index (χ0) is 23.8. The third-order valence-electron chi connectivity index (χ3n) is 5.95. The Labute approximate surface area is 204 Å². The molecule has 0 bridgehead atoms. The molecular formula is C24H31Cl2N3O4. The maximum absolute atomic E-state index is 12.2. The number of carbonyl (C=O) groups is 1. The number of rotatable bonds is 10. The summed E-state index contributed by atoms with van der Waals surface area (Å²) in [5.41, 5.74) is 0.592. The first-order valence-electron chi connectivity index (χ1n) is 11.0. The van der Waals surface area contributed by atoms with Gasteiger partial charge in [0, 0.05) is 30.7 Å². The number of amides is 1. The van der Waals surface area contributed by atoms with E-state index in [4.69, 9.17) is 32.7 Å². The van der Waals surface area contributed by atoms with Crippen LogP contribution in [-0.4, -0.2) is 63.1 Å². The van der Waals surface area contributed by atoms with Gasteiger partial charge in [-0.3, -0.25) is 4.79 Å². The molecule has 3 rings (SSSR count). The summed E-state index contributed by atoms with van der Waals surface area (Å²) in [5, 5.41) is 21.7. The highest BCUT2D eigenvalue weighted by molar-refractivity contribution is 6.32. The van der Waals surface area contributed by atoms with Gasteiger partial charge in [-0.1, -0.05) is 35.3 Å². The third kappa shape index (κ3) is 6.74. The minimum absolute atomic E-state index is 0.164. The monoisotopic (exact) mass is 495 g/mol. The molecule has 0 aromatic heterocycles. The summed E-state index contributed by atoms with van der Waals surface area (Å²) < 4.78 is 11.2. The number of hydrogen-bond acceptors (Lipinski definition) is 6. The number of hydrogen-bond donors (Lipinski definition) is 4. The van der Waals surface area contributed by atoms with Crippen LogP contribution in [0.5, 0.6) is 11.5 Å². The number of ether oxygens (including phenoxy) is 2. The van der Waals surface area contributed by atoms with Gasteiger partial charge < -0.3 is 30.5 Å². The number of piperidine rings is 1. The molecule has 0 spiro atoms. The van der Waals surface area contributed by atoms with Gasteiger partial charge in [0.05, 0.1) is 23.3 Å². The summed E-state index contributed by atoms with van der Waals surface area (Å²) in [6, 6.07) is 10.7. The van der Waals surface area contributed by atoms with Crippen molar-refractivity contribution >= 4 is 29.1 Å². The molecule has 7 nitrogen and oxygen atoms in total. The van der Waals surface area contributed by atoms with Crippen molar-refractivity contribution < 1.29 is 19.4 Å². The molecule has 180 valence electrons. The molecule has 1 saturated heterocycles. The van der Waals surface area contributed by atoms with Crippen LogP contribution in [0.2, 0.25) is 10.0 Å². The van der Waals surface area contributed by atoms with Crippen LogP contribution in [0.4, 0.5) is 0 Å². The first kappa shape index (κ1) is 25.6. The number of nitrogens with one attached hydrogen (secondary N) is 3. The lowest BCUT2D eigenvalue weighted by molar-refractivity contribution is -0.0252. The Balaban J connectivity index is 1.68. The van der Waals surface area contributed by atoms with Crippen molar-refractivity contribution in [2.45, 2.75) is 30.9 Å². The fraction of sp³-hybridized carbons (Fsp3) is 0.458. The van der Waals surface area contributed by atoms with Crippen LogP contribution in [0.15, 0.2) is 36.4 Å². The van der Waals surface area contributed by atoms with Gasteiger partial charge in [-0.2, -0.15) is 0 Å². The minimum atomic E-state index is -0.832. The van der Waals surface area contributed by atoms with E-state index in [1.54, 1.807) is 13.1 Å². The number of benzene rings is 2. The lowest BCUT2D eigenvalue weighted by Gasteiger charge is -2.40. The molecule has 1 amide bonds. The lowest BCUT2D eigenvalue weighted by Crippen LogP contribution is -2.57. The van der Waals surface area contributed by atoms with Crippen molar-refractivity contribution in [1.82, 2.24) is 16.0 Å². The van der Waals surface area contributed by atoms with E-state index in [-0.39, 0.29) is 11.9 Å². The van der Waals surface area contributed by atoms with Crippen molar-refractivity contribution in [2.24, 2.45) is 0 Å². The Hall–Kier alpha value is -2.03. The van der Waals surface area contributed by atoms with Gasteiger partial charge in [0.2, 0.25) is 0 Å². The minimum Gasteiger partial charge on any atom is -0.495 e. The standard InChI is InChI=1S/C24H31Cl2N3O4/c1-27-23(30)18-14-19(26)21(32-2)15-20(18)33-12-11-29-22(24(31)7-9-28-10-8-24)13-16-3-5-17(25)6-4-16/h3-6,14-15,22,28-29,31H,7-13H2,1-2H3,(H,27,30). The fourth-order valence-electron chi connectivity index (χ4n) is 4.03. The van der Waals surface area contributed by atoms with Crippen LogP contribution in [0.3, 0.4) is 0 Å². The molecule has 1 atom stereocenters. The molecule has 1 aliphatic rings. The molecule has 33 heavy (non-hydrogen) atoms. The highest BCUT2D eigenvalue weighted by Crippen LogP contribution is 2.33. The van der Waals surface area contributed by atoms with Gasteiger partial charge >= 0.3 is 0 Å². The molecule has 0 saturated carbocycles. The zero-order valence-electron chi connectivity index (χ0n) is 18.9. The smallest absolute Gasteiger partial charge is 0.254 e. The molecule has 2 aromatic rings. The Bertz CT molecular complexity index is 934. The Morgan fingerprint density at radius 2 is 1.88 bits per heavy atom. The van der Waals surface area contributed by atoms with E-state index in [0.717, 1.165) is 18.7 Å². The largest absolute Gasteiger partial charge is 0.495 e. The second-order valence-corrected chi connectivity index (χ2v) is 8.95. The van der Waals surface area contributed by atoms with E-state index in [1.165, 1.54) is 13.2 Å². The van der Waals surface area contributed by atoms with Crippen LogP contribution >= 0.6 is 23.2 Å². The molecule has 4 N–H and O–H groups in total. The molecule has 1 unspecified atom stereocenters. The van der Waals surface area contributed by atoms with Crippen molar-refractivity contribution in [3.05, 3.63) is 57.6 Å². The van der Waals surface area contributed by atoms with E-state index >= 15 is 0 Å². The first-order chi connectivity index (χ1) is 15.9. The maximum Gasteiger partial charge on any atom is 0.254 e. The second kappa shape index (κ2) is 11.9. The normalized spacial score (nSPS) is 16.2. The lowest BCUT2D eigenvalue weighted by atomic mass is 9.82. The Kier molecular flexibility index (Phi) is 9.23. The van der Waals surface area contributed by atoms with Crippen molar-refractivity contribution in [2.75, 3.05) is 40.4 Å². The van der Waals surface area contributed by atoms with Gasteiger partial charge in [-0.15, -0.1) is 0 Å². The number of aliphatic hydroxyl groups is 1. The van der Waals surface area contributed by atoms with Gasteiger partial charge in [0.15, 0.2) is 0 Å². The van der Waals surface area contributed by atoms with E-state index in [9.17, 15) is 9.90 Å². The predicted molar refractivity (Wildman–Crippen MR) is 131 cm³/mol. The quantitative estimate of drug-likeness (QED) is 0.378. The Morgan fingerprint density at radius 3 is 2.52 bits per heavy atom. The number of carbonyl (C=O) groups excluding carboxylic acids is 1. The summed E-state index contributed by atoms with van der Waals surface area (Å²) in [4.78, 5) is 12.2. The van der Waals surface area contributed by atoms with Gasteiger partial charge in [0.25, 0.3) is 5.91 Å². The molecule has 2 aromatic carbocycles. The topological polar surface area (TPSA) is 91.9 Å². The zero-order valence-corrected chi connectivity index (χ0v) is 20.4. The fourth-order valence-corrected chi connectivity index (χ4v) is 4.40. The second-order valence-electron chi connectivity index (χ2n) is 8.10. The van der Waals surface area contributed by atoms with Crippen LogP contribution in [0.1, 0.15) is 28.8 Å². The van der Waals surface area contributed by atoms with E-state index in [2.05, 4.69) is 16.0 Å². The van der Waals surface area contributed by atoms with Gasteiger partial charge in [-0.25, -0.2) is 0 Å². The van der Waals surface area contributed by atoms with Crippen LogP contribution in [0.25, 0.3) is 0 Å². The average molecular weight is 496 g/mol. The summed E-state index contributed by atoms with van der Waals surface area (Å²) in [6.45, 7) is 2.31. The van der Waals surface area contributed by atoms with Crippen molar-refractivity contribution in [3.63, 3.8) is 0 Å². The molecule has 1 heterocycles. The van der Waals surface area contributed by atoms with Crippen LogP contribution < -0.4 is 25.4 Å². The molecular weight excluding hydrogens is 465 g/mol. The van der Waals surface area contributed by atoms with Crippen LogP contribution in [0, 0.1) is 0 Å². The molecule has 0 radical (unpaired) electrons. The molecule has 1 fully saturated rings. The van der Waals surface area contributed by atoms with Gasteiger partial charge in [0.1, 0.15) is 18.1 Å². The summed E-state index contributed by atoms with van der Waals surface area (Å²) in [7, 11) is 3.06. The van der Waals surface area contributed by atoms with Crippen molar-refractivity contribution in [1.29, 1.82) is 0 Å². The predicted octanol–water partition coefficient (Wildman–Crippen LogP) is 3.06. The summed E-state index contributed by atoms with van der Waals surface area (Å²) in [5.74, 6) is 0.510. The van der Waals surface area contributed by atoms with Gasteiger partial charge in [-0.05, 0) is 56.1 Å². The van der Waals surface area contributed by atoms with Crippen LogP contribution in [-0.2, 0) is 6.42 Å². The summed E-state index contributed by atoms with van der Waals surface area (Å²) >= 11 is 12.2. The van der Waals surface area contributed by atoms with E-state index in [1.807, 2.05) is 24.3 Å². The SMILES string of the molecule is CNC(=O)c1cc(Cl)c(OC)cc1OCCNC(Cc1ccc(Cl)cc1)C1(O)CCNCC1. The third-order valence-corrected chi connectivity index (χ3v) is 6.49. The number of methoxy groups -OCH3 is 1. The highest BCUT2D eigenvalue weighted by Gasteiger charge is 2.37.